The van der Waals surface area contributed by atoms with E-state index in [0.717, 1.165) is 0 Å². The summed E-state index contributed by atoms with van der Waals surface area (Å²) in [6.45, 7) is 1.72. The van der Waals surface area contributed by atoms with Crippen molar-refractivity contribution in [3.8, 4) is 0 Å². The van der Waals surface area contributed by atoms with Crippen molar-refractivity contribution < 1.29 is 18.0 Å². The molecule has 0 saturated heterocycles. The quantitative estimate of drug-likeness (QED) is 0.699. The van der Waals surface area contributed by atoms with Crippen LogP contribution >= 0.6 is 0 Å². The average molecular weight is 344 g/mol. The second-order valence-electron chi connectivity index (χ2n) is 5.65. The van der Waals surface area contributed by atoms with E-state index in [4.69, 9.17) is 11.5 Å². The molecule has 0 bridgehead atoms. The molecule has 3 rings (SSSR count). The summed E-state index contributed by atoms with van der Waals surface area (Å²) >= 11 is 0. The first-order valence-corrected chi connectivity index (χ1v) is 9.08. The largest absolute Gasteiger partial charge is 0.398 e. The Labute approximate surface area is 139 Å². The highest BCUT2D eigenvalue weighted by Crippen LogP contribution is 2.38. The fraction of sp³-hybridized carbons (Fsp3) is 0.176. The minimum atomic E-state index is -3.68. The first-order valence-electron chi connectivity index (χ1n) is 7.42. The molecule has 7 heteroatoms. The fourth-order valence-electron chi connectivity index (χ4n) is 2.96. The van der Waals surface area contributed by atoms with E-state index < -0.39 is 21.4 Å². The zero-order chi connectivity index (χ0) is 17.6. The summed E-state index contributed by atoms with van der Waals surface area (Å²) in [6.07, 6.45) is 0.397. The van der Waals surface area contributed by atoms with Gasteiger partial charge in [0.25, 0.3) is 0 Å². The van der Waals surface area contributed by atoms with Crippen LogP contribution < -0.4 is 11.5 Å². The van der Waals surface area contributed by atoms with Crippen LogP contribution in [-0.4, -0.2) is 25.7 Å². The molecule has 0 aliphatic heterocycles. The Morgan fingerprint density at radius 2 is 1.50 bits per heavy atom. The van der Waals surface area contributed by atoms with Crippen molar-refractivity contribution in [3.63, 3.8) is 0 Å². The topological polar surface area (TPSA) is 120 Å². The molecule has 2 aromatic rings. The molecule has 0 saturated carbocycles. The summed E-state index contributed by atoms with van der Waals surface area (Å²) < 4.78 is 24.8. The van der Waals surface area contributed by atoms with Crippen molar-refractivity contribution in [1.82, 2.24) is 0 Å². The van der Waals surface area contributed by atoms with Gasteiger partial charge in [0.1, 0.15) is 0 Å². The Morgan fingerprint density at radius 1 is 0.958 bits per heavy atom. The predicted molar refractivity (Wildman–Crippen MR) is 90.9 cm³/mol. The lowest BCUT2D eigenvalue weighted by atomic mass is 9.82. The molecule has 6 nitrogen and oxygen atoms in total. The number of anilines is 2. The van der Waals surface area contributed by atoms with Crippen molar-refractivity contribution in [1.29, 1.82) is 0 Å². The van der Waals surface area contributed by atoms with Crippen LogP contribution in [0.4, 0.5) is 11.4 Å². The number of hydrogen-bond donors (Lipinski definition) is 2. The number of nitrogens with two attached hydrogens (primary N) is 2. The third-order valence-corrected chi connectivity index (χ3v) is 5.99. The highest BCUT2D eigenvalue weighted by atomic mass is 32.2. The van der Waals surface area contributed by atoms with Crippen LogP contribution in [0.25, 0.3) is 0 Å². The maximum absolute atomic E-state index is 12.8. The number of rotatable bonds is 3. The third-order valence-electron chi connectivity index (χ3n) is 4.04. The van der Waals surface area contributed by atoms with Crippen LogP contribution in [0, 0.1) is 0 Å². The first kappa shape index (κ1) is 16.2. The number of carbonyl (C=O) groups is 2. The van der Waals surface area contributed by atoms with E-state index >= 15 is 0 Å². The van der Waals surface area contributed by atoms with Gasteiger partial charge in [0.2, 0.25) is 0 Å². The summed E-state index contributed by atoms with van der Waals surface area (Å²) in [5.74, 6) is -1.03. The van der Waals surface area contributed by atoms with Crippen LogP contribution in [0.5, 0.6) is 0 Å². The molecule has 124 valence electrons. The Balaban J connectivity index is 2.35. The van der Waals surface area contributed by atoms with Crippen molar-refractivity contribution in [2.75, 3.05) is 17.2 Å². The van der Waals surface area contributed by atoms with Gasteiger partial charge in [0, 0.05) is 16.8 Å². The fourth-order valence-corrected chi connectivity index (χ4v) is 4.46. The zero-order valence-corrected chi connectivity index (χ0v) is 13.8. The molecule has 0 heterocycles. The van der Waals surface area contributed by atoms with E-state index in [1.807, 2.05) is 0 Å². The molecule has 0 amide bonds. The number of hydrogen-bond acceptors (Lipinski definition) is 6. The first-order chi connectivity index (χ1) is 11.3. The molecule has 2 aromatic carbocycles. The van der Waals surface area contributed by atoms with Gasteiger partial charge in [0.05, 0.1) is 27.5 Å². The summed E-state index contributed by atoms with van der Waals surface area (Å²) in [5, 5.41) is 0. The van der Waals surface area contributed by atoms with E-state index in [1.54, 1.807) is 19.1 Å². The summed E-state index contributed by atoms with van der Waals surface area (Å²) in [7, 11) is -3.68. The van der Waals surface area contributed by atoms with Gasteiger partial charge in [-0.05, 0) is 12.5 Å². The molecule has 0 aromatic heterocycles. The number of fused-ring (bicyclic) bond motifs is 2. The van der Waals surface area contributed by atoms with Crippen molar-refractivity contribution >= 4 is 32.8 Å². The normalized spacial score (nSPS) is 13.5. The van der Waals surface area contributed by atoms with Gasteiger partial charge in [-0.2, -0.15) is 0 Å². The zero-order valence-electron chi connectivity index (χ0n) is 13.0. The Kier molecular flexibility index (Phi) is 3.68. The van der Waals surface area contributed by atoms with E-state index in [0.29, 0.717) is 6.42 Å². The highest BCUT2D eigenvalue weighted by molar-refractivity contribution is 7.91. The van der Waals surface area contributed by atoms with Crippen LogP contribution in [0.15, 0.2) is 35.2 Å². The van der Waals surface area contributed by atoms with Crippen LogP contribution in [0.1, 0.15) is 45.2 Å². The number of carbonyl (C=O) groups excluding carboxylic acids is 2. The smallest absolute Gasteiger partial charge is 0.196 e. The van der Waals surface area contributed by atoms with E-state index in [-0.39, 0.29) is 44.3 Å². The third kappa shape index (κ3) is 2.20. The lowest BCUT2D eigenvalue weighted by molar-refractivity contribution is 0.0980. The predicted octanol–water partition coefficient (Wildman–Crippen LogP) is 1.81. The summed E-state index contributed by atoms with van der Waals surface area (Å²) in [6, 6.07) is 7.51. The molecule has 1 aliphatic rings. The van der Waals surface area contributed by atoms with E-state index in [9.17, 15) is 18.0 Å². The van der Waals surface area contributed by atoms with Gasteiger partial charge in [-0.15, -0.1) is 0 Å². The SMILES string of the molecule is CCCS(=O)(=O)c1cc(N)c2c(c1N)C(=O)c1ccccc1C2=O. The van der Waals surface area contributed by atoms with Crippen molar-refractivity contribution in [2.24, 2.45) is 0 Å². The maximum atomic E-state index is 12.8. The van der Waals surface area contributed by atoms with Gasteiger partial charge >= 0.3 is 0 Å². The molecule has 1 aliphatic carbocycles. The standard InChI is InChI=1S/C17H16N2O4S/c1-2-7-24(22,23)12-8-11(18)13-14(15(12)19)17(21)10-6-4-3-5-9(10)16(13)20/h3-6,8H,2,7,18-19H2,1H3. The van der Waals surface area contributed by atoms with Gasteiger partial charge in [-0.1, -0.05) is 31.2 Å². The van der Waals surface area contributed by atoms with Gasteiger partial charge in [-0.3, -0.25) is 9.59 Å². The maximum Gasteiger partial charge on any atom is 0.196 e. The summed E-state index contributed by atoms with van der Waals surface area (Å²) in [4.78, 5) is 25.3. The van der Waals surface area contributed by atoms with Gasteiger partial charge < -0.3 is 11.5 Å². The molecular formula is C17H16N2O4S. The lowest BCUT2D eigenvalue weighted by Gasteiger charge is -2.22. The second kappa shape index (κ2) is 5.45. The van der Waals surface area contributed by atoms with Gasteiger partial charge in [0.15, 0.2) is 21.4 Å². The van der Waals surface area contributed by atoms with Crippen molar-refractivity contribution in [2.45, 2.75) is 18.2 Å². The monoisotopic (exact) mass is 344 g/mol. The molecule has 0 unspecified atom stereocenters. The molecule has 0 atom stereocenters. The molecule has 0 fully saturated rings. The minimum absolute atomic E-state index is 0.0216. The number of nitrogen functional groups attached to an aromatic ring is 2. The van der Waals surface area contributed by atoms with E-state index in [1.165, 1.54) is 18.2 Å². The number of ketones is 2. The Bertz CT molecular complexity index is 994. The average Bonchev–Trinajstić information content (AvgIpc) is 2.54. The number of sulfone groups is 1. The summed E-state index contributed by atoms with van der Waals surface area (Å²) in [5.41, 5.74) is 12.0. The molecule has 0 radical (unpaired) electrons. The molecule has 0 spiro atoms. The molecule has 4 N–H and O–H groups in total. The number of benzene rings is 2. The lowest BCUT2D eigenvalue weighted by Crippen LogP contribution is -2.25. The highest BCUT2D eigenvalue weighted by Gasteiger charge is 2.35. The van der Waals surface area contributed by atoms with Gasteiger partial charge in [-0.25, -0.2) is 8.42 Å². The Hall–Kier alpha value is -2.67. The van der Waals surface area contributed by atoms with Crippen LogP contribution in [0.2, 0.25) is 0 Å². The molecule has 24 heavy (non-hydrogen) atoms. The minimum Gasteiger partial charge on any atom is -0.398 e. The van der Waals surface area contributed by atoms with Crippen molar-refractivity contribution in [3.05, 3.63) is 52.6 Å². The van der Waals surface area contributed by atoms with E-state index in [2.05, 4.69) is 0 Å². The Morgan fingerprint density at radius 3 is 2.04 bits per heavy atom. The van der Waals surface area contributed by atoms with Crippen LogP contribution in [-0.2, 0) is 9.84 Å². The second-order valence-corrected chi connectivity index (χ2v) is 7.73. The van der Waals surface area contributed by atoms with Crippen LogP contribution in [0.3, 0.4) is 0 Å². The molecular weight excluding hydrogens is 328 g/mol.